The number of amides is 3. The van der Waals surface area contributed by atoms with E-state index >= 15 is 0 Å². The normalized spacial score (nSPS) is 17.9. The van der Waals surface area contributed by atoms with Crippen LogP contribution in [0, 0.1) is 5.82 Å². The van der Waals surface area contributed by atoms with Crippen molar-refractivity contribution in [1.29, 1.82) is 0 Å². The monoisotopic (exact) mass is 612 g/mol. The molecule has 0 saturated carbocycles. The number of rotatable bonds is 6. The van der Waals surface area contributed by atoms with Crippen molar-refractivity contribution in [2.75, 3.05) is 37.4 Å². The first-order valence-corrected chi connectivity index (χ1v) is 14.6. The SMILES string of the molecule is COc1ccc(C(=O)Nc2cc(-c3[nH]c4c(c3Nc3ccccc3)C(=O)CN(C(=O)N3C[C@@H](C)O[C@@H](C)C3)C4)ccn2)cc1F. The molecule has 2 aliphatic heterocycles. The molecule has 2 aromatic carbocycles. The number of hydrogen-bond acceptors (Lipinski definition) is 7. The molecule has 12 heteroatoms. The Morgan fingerprint density at radius 3 is 2.49 bits per heavy atom. The summed E-state index contributed by atoms with van der Waals surface area (Å²) in [7, 11) is 1.35. The number of Topliss-reactive ketones (excluding diaryl/α,β-unsaturated/α-hetero) is 1. The second-order valence-electron chi connectivity index (χ2n) is 11.2. The number of carbonyl (C=O) groups is 3. The maximum absolute atomic E-state index is 14.2. The number of nitrogens with zero attached hydrogens (tertiary/aromatic N) is 3. The van der Waals surface area contributed by atoms with Gasteiger partial charge in [-0.05, 0) is 56.3 Å². The molecule has 3 amide bonds. The molecule has 4 heterocycles. The first-order valence-electron chi connectivity index (χ1n) is 14.6. The maximum atomic E-state index is 14.2. The molecular weight excluding hydrogens is 579 g/mol. The highest BCUT2D eigenvalue weighted by atomic mass is 19.1. The van der Waals surface area contributed by atoms with Gasteiger partial charge in [-0.1, -0.05) is 18.2 Å². The average molecular weight is 613 g/mol. The van der Waals surface area contributed by atoms with Crippen molar-refractivity contribution in [3.63, 3.8) is 0 Å². The number of methoxy groups -OCH3 is 1. The minimum absolute atomic E-state index is 0.0321. The van der Waals surface area contributed by atoms with E-state index in [0.717, 1.165) is 11.8 Å². The molecule has 232 valence electrons. The van der Waals surface area contributed by atoms with Crippen molar-refractivity contribution in [2.24, 2.45) is 0 Å². The molecule has 4 aromatic rings. The van der Waals surface area contributed by atoms with Gasteiger partial charge in [-0.25, -0.2) is 14.2 Å². The van der Waals surface area contributed by atoms with Crippen LogP contribution in [0.15, 0.2) is 66.9 Å². The third-order valence-corrected chi connectivity index (χ3v) is 7.75. The highest BCUT2D eigenvalue weighted by Gasteiger charge is 2.36. The number of ketones is 1. The highest BCUT2D eigenvalue weighted by Crippen LogP contribution is 2.38. The summed E-state index contributed by atoms with van der Waals surface area (Å²) in [6, 6.07) is 16.6. The minimum atomic E-state index is -0.657. The Hall–Kier alpha value is -5.23. The van der Waals surface area contributed by atoms with Gasteiger partial charge >= 0.3 is 6.03 Å². The summed E-state index contributed by atoms with van der Waals surface area (Å²) in [6.07, 6.45) is 1.33. The number of morpholine rings is 1. The van der Waals surface area contributed by atoms with Crippen LogP contribution >= 0.6 is 0 Å². The van der Waals surface area contributed by atoms with Crippen molar-refractivity contribution in [3.8, 4) is 17.0 Å². The predicted octanol–water partition coefficient (Wildman–Crippen LogP) is 5.45. The summed E-state index contributed by atoms with van der Waals surface area (Å²) in [5, 5.41) is 6.10. The van der Waals surface area contributed by atoms with E-state index in [1.807, 2.05) is 44.2 Å². The number of urea groups is 1. The molecule has 0 unspecified atom stereocenters. The van der Waals surface area contributed by atoms with Gasteiger partial charge in [0.2, 0.25) is 0 Å². The second-order valence-corrected chi connectivity index (χ2v) is 11.2. The van der Waals surface area contributed by atoms with Gasteiger partial charge in [0.25, 0.3) is 5.91 Å². The van der Waals surface area contributed by atoms with E-state index in [0.29, 0.717) is 41.3 Å². The number of hydrogen-bond donors (Lipinski definition) is 3. The van der Waals surface area contributed by atoms with Crippen molar-refractivity contribution < 1.29 is 28.2 Å². The summed E-state index contributed by atoms with van der Waals surface area (Å²) in [5.74, 6) is -1.15. The fraction of sp³-hybridized carbons (Fsp3) is 0.273. The van der Waals surface area contributed by atoms with Crippen LogP contribution in [-0.4, -0.2) is 76.4 Å². The van der Waals surface area contributed by atoms with Gasteiger partial charge in [0.05, 0.1) is 49.4 Å². The smallest absolute Gasteiger partial charge is 0.320 e. The van der Waals surface area contributed by atoms with Crippen molar-refractivity contribution in [2.45, 2.75) is 32.6 Å². The number of halogens is 1. The summed E-state index contributed by atoms with van der Waals surface area (Å²) in [6.45, 7) is 4.89. The standard InChI is InChI=1S/C33H33FN6O5/c1-19-15-39(16-20(2)45-19)33(43)40-17-25-29(26(41)18-40)31(36-23-7-5-4-6-8-23)30(37-25)21-11-12-35-28(14-21)38-32(42)22-9-10-27(44-3)24(34)13-22/h4-14,19-20,36-37H,15-18H2,1-3H3,(H,35,38,42)/t19-,20+. The maximum Gasteiger partial charge on any atom is 0.320 e. The largest absolute Gasteiger partial charge is 0.494 e. The van der Waals surface area contributed by atoms with Crippen molar-refractivity contribution >= 4 is 34.9 Å². The molecule has 1 saturated heterocycles. The van der Waals surface area contributed by atoms with E-state index in [9.17, 15) is 18.8 Å². The van der Waals surface area contributed by atoms with Crippen LogP contribution in [0.3, 0.4) is 0 Å². The Morgan fingerprint density at radius 1 is 1.02 bits per heavy atom. The summed E-state index contributed by atoms with van der Waals surface area (Å²) >= 11 is 0. The predicted molar refractivity (Wildman–Crippen MR) is 166 cm³/mol. The zero-order chi connectivity index (χ0) is 31.7. The Kier molecular flexibility index (Phi) is 8.22. The fourth-order valence-corrected chi connectivity index (χ4v) is 5.80. The molecule has 0 spiro atoms. The molecule has 2 aromatic heterocycles. The zero-order valence-corrected chi connectivity index (χ0v) is 25.1. The number of aromatic nitrogens is 2. The molecule has 45 heavy (non-hydrogen) atoms. The molecule has 0 aliphatic carbocycles. The number of fused-ring (bicyclic) bond motifs is 1. The highest BCUT2D eigenvalue weighted by molar-refractivity contribution is 6.09. The molecule has 6 rings (SSSR count). The molecule has 1 fully saturated rings. The molecule has 2 aliphatic rings. The molecule has 11 nitrogen and oxygen atoms in total. The molecule has 3 N–H and O–H groups in total. The number of aromatic amines is 1. The molecule has 2 atom stereocenters. The first-order chi connectivity index (χ1) is 21.7. The lowest BCUT2D eigenvalue weighted by atomic mass is 10.0. The van der Waals surface area contributed by atoms with E-state index in [1.165, 1.54) is 25.4 Å². The second kappa shape index (κ2) is 12.4. The molecule has 0 radical (unpaired) electrons. The van der Waals surface area contributed by atoms with Crippen LogP contribution in [-0.2, 0) is 11.3 Å². The van der Waals surface area contributed by atoms with E-state index in [1.54, 1.807) is 21.9 Å². The molecule has 0 bridgehead atoms. The van der Waals surface area contributed by atoms with Gasteiger partial charge in [-0.3, -0.25) is 9.59 Å². The average Bonchev–Trinajstić information content (AvgIpc) is 3.39. The summed E-state index contributed by atoms with van der Waals surface area (Å²) in [4.78, 5) is 51.1. The van der Waals surface area contributed by atoms with Crippen LogP contribution in [0.4, 0.5) is 26.4 Å². The number of anilines is 3. The number of pyridine rings is 1. The van der Waals surface area contributed by atoms with Crippen LogP contribution in [0.5, 0.6) is 5.75 Å². The van der Waals surface area contributed by atoms with Crippen LogP contribution < -0.4 is 15.4 Å². The number of carbonyl (C=O) groups excluding carboxylic acids is 3. The topological polar surface area (TPSA) is 129 Å². The third-order valence-electron chi connectivity index (χ3n) is 7.75. The van der Waals surface area contributed by atoms with Gasteiger partial charge in [-0.15, -0.1) is 0 Å². The van der Waals surface area contributed by atoms with Crippen LogP contribution in [0.2, 0.25) is 0 Å². The first kappa shape index (κ1) is 29.8. The minimum Gasteiger partial charge on any atom is -0.494 e. The van der Waals surface area contributed by atoms with Crippen molar-refractivity contribution in [3.05, 3.63) is 89.5 Å². The van der Waals surface area contributed by atoms with E-state index in [2.05, 4.69) is 20.6 Å². The van der Waals surface area contributed by atoms with Crippen LogP contribution in [0.1, 0.15) is 40.3 Å². The van der Waals surface area contributed by atoms with Gasteiger partial charge in [-0.2, -0.15) is 0 Å². The lowest BCUT2D eigenvalue weighted by Gasteiger charge is -2.39. The zero-order valence-electron chi connectivity index (χ0n) is 25.1. The quantitative estimate of drug-likeness (QED) is 0.264. The lowest BCUT2D eigenvalue weighted by molar-refractivity contribution is -0.0583. The Balaban J connectivity index is 1.32. The number of ether oxygens (including phenoxy) is 2. The number of nitrogens with one attached hydrogen (secondary N) is 3. The van der Waals surface area contributed by atoms with Crippen molar-refractivity contribution in [1.82, 2.24) is 19.8 Å². The van der Waals surface area contributed by atoms with Gasteiger partial charge in [0, 0.05) is 41.8 Å². The Bertz CT molecular complexity index is 1750. The van der Waals surface area contributed by atoms with Gasteiger partial charge < -0.3 is 34.9 Å². The lowest BCUT2D eigenvalue weighted by Crippen LogP contribution is -2.54. The van der Waals surface area contributed by atoms with Gasteiger partial charge in [0.1, 0.15) is 5.82 Å². The summed E-state index contributed by atoms with van der Waals surface area (Å²) < 4.78 is 24.9. The Labute approximate surface area is 259 Å². The number of H-pyrrole nitrogens is 1. The number of benzene rings is 2. The fourth-order valence-electron chi connectivity index (χ4n) is 5.80. The van der Waals surface area contributed by atoms with E-state index < -0.39 is 11.7 Å². The number of para-hydroxylation sites is 1. The van der Waals surface area contributed by atoms with Crippen LogP contribution in [0.25, 0.3) is 11.3 Å². The third kappa shape index (κ3) is 6.22. The summed E-state index contributed by atoms with van der Waals surface area (Å²) in [5.41, 5.74) is 3.72. The molecular formula is C33H33FN6O5. The Morgan fingerprint density at radius 2 is 1.78 bits per heavy atom. The van der Waals surface area contributed by atoms with E-state index in [4.69, 9.17) is 9.47 Å². The van der Waals surface area contributed by atoms with Gasteiger partial charge in [0.15, 0.2) is 17.3 Å². The van der Waals surface area contributed by atoms with E-state index in [-0.39, 0.29) is 54.2 Å².